The molecule has 1 N–H and O–H groups in total. The Morgan fingerprint density at radius 2 is 1.84 bits per heavy atom. The molecule has 25 heavy (non-hydrogen) atoms. The number of benzene rings is 2. The lowest BCUT2D eigenvalue weighted by molar-refractivity contribution is -0.147. The van der Waals surface area contributed by atoms with Gasteiger partial charge >= 0.3 is 0 Å². The topological polar surface area (TPSA) is 57.6 Å². The van der Waals surface area contributed by atoms with E-state index in [4.69, 9.17) is 11.6 Å². The van der Waals surface area contributed by atoms with Gasteiger partial charge in [0.2, 0.25) is 5.60 Å². The highest BCUT2D eigenvalue weighted by Crippen LogP contribution is 2.32. The molecular formula is C20H20ClNO3. The smallest absolute Gasteiger partial charge is 0.266 e. The van der Waals surface area contributed by atoms with Crippen LogP contribution in [0.3, 0.4) is 0 Å². The first kappa shape index (κ1) is 17.6. The van der Waals surface area contributed by atoms with E-state index in [0.29, 0.717) is 17.3 Å². The molecule has 0 bridgehead atoms. The maximum Gasteiger partial charge on any atom is 0.266 e. The van der Waals surface area contributed by atoms with Crippen LogP contribution in [0.2, 0.25) is 5.02 Å². The molecule has 130 valence electrons. The molecule has 0 radical (unpaired) electrons. The van der Waals surface area contributed by atoms with Gasteiger partial charge in [-0.25, -0.2) is 0 Å². The van der Waals surface area contributed by atoms with E-state index >= 15 is 0 Å². The third kappa shape index (κ3) is 3.46. The van der Waals surface area contributed by atoms with Crippen molar-refractivity contribution >= 4 is 29.0 Å². The number of rotatable bonds is 5. The van der Waals surface area contributed by atoms with Crippen LogP contribution in [-0.4, -0.2) is 28.9 Å². The number of carbonyl (C=O) groups is 2. The molecule has 1 heterocycles. The lowest BCUT2D eigenvalue weighted by atomic mass is 9.87. The minimum absolute atomic E-state index is 0.104. The van der Waals surface area contributed by atoms with Gasteiger partial charge in [-0.05, 0) is 35.7 Å². The molecule has 1 unspecified atom stereocenters. The summed E-state index contributed by atoms with van der Waals surface area (Å²) in [7, 11) is 0. The Kier molecular flexibility index (Phi) is 4.93. The number of ketones is 1. The molecule has 4 nitrogen and oxygen atoms in total. The summed E-state index contributed by atoms with van der Waals surface area (Å²) in [5, 5.41) is 11.4. The van der Waals surface area contributed by atoms with Crippen molar-refractivity contribution in [1.29, 1.82) is 0 Å². The van der Waals surface area contributed by atoms with Gasteiger partial charge in [0, 0.05) is 30.1 Å². The highest BCUT2D eigenvalue weighted by molar-refractivity contribution is 6.30. The van der Waals surface area contributed by atoms with Crippen LogP contribution in [0.25, 0.3) is 0 Å². The van der Waals surface area contributed by atoms with Gasteiger partial charge in [-0.15, -0.1) is 0 Å². The van der Waals surface area contributed by atoms with Crippen molar-refractivity contribution in [3.8, 4) is 0 Å². The molecule has 1 amide bonds. The number of anilines is 1. The minimum atomic E-state index is -1.93. The third-order valence-electron chi connectivity index (χ3n) is 4.76. The molecule has 0 aromatic heterocycles. The first-order valence-electron chi connectivity index (χ1n) is 8.30. The Morgan fingerprint density at radius 3 is 2.48 bits per heavy atom. The molecule has 0 aliphatic carbocycles. The number of halogens is 1. The number of para-hydroxylation sites is 1. The lowest BCUT2D eigenvalue weighted by Crippen LogP contribution is -2.47. The van der Waals surface area contributed by atoms with Gasteiger partial charge in [0.1, 0.15) is 0 Å². The average Bonchev–Trinajstić information content (AvgIpc) is 2.93. The van der Waals surface area contributed by atoms with E-state index in [1.54, 1.807) is 24.3 Å². The second kappa shape index (κ2) is 6.98. The zero-order valence-electron chi connectivity index (χ0n) is 14.0. The lowest BCUT2D eigenvalue weighted by Gasteiger charge is -2.23. The van der Waals surface area contributed by atoms with Crippen LogP contribution in [-0.2, 0) is 9.59 Å². The molecule has 0 spiro atoms. The van der Waals surface area contributed by atoms with Gasteiger partial charge in [-0.2, -0.15) is 0 Å². The predicted molar refractivity (Wildman–Crippen MR) is 97.9 cm³/mol. The molecule has 2 aromatic rings. The zero-order valence-corrected chi connectivity index (χ0v) is 14.7. The normalized spacial score (nSPS) is 21.4. The van der Waals surface area contributed by atoms with Crippen LogP contribution in [0.1, 0.15) is 31.2 Å². The van der Waals surface area contributed by atoms with E-state index in [0.717, 1.165) is 5.56 Å². The first-order chi connectivity index (χ1) is 11.9. The second-order valence-corrected chi connectivity index (χ2v) is 6.92. The van der Waals surface area contributed by atoms with Gasteiger partial charge in [0.05, 0.1) is 0 Å². The quantitative estimate of drug-likeness (QED) is 0.832. The number of hydrogen-bond donors (Lipinski definition) is 1. The molecule has 1 aliphatic rings. The maximum atomic E-state index is 12.7. The second-order valence-electron chi connectivity index (χ2n) is 6.48. The van der Waals surface area contributed by atoms with E-state index in [-0.39, 0.29) is 18.8 Å². The van der Waals surface area contributed by atoms with E-state index in [1.807, 2.05) is 37.3 Å². The number of nitrogens with zero attached hydrogens (tertiary/aromatic N) is 1. The van der Waals surface area contributed by atoms with Crippen LogP contribution in [0.15, 0.2) is 54.6 Å². The minimum Gasteiger partial charge on any atom is -0.373 e. The summed E-state index contributed by atoms with van der Waals surface area (Å²) in [6.45, 7) is 2.24. The van der Waals surface area contributed by atoms with Crippen LogP contribution < -0.4 is 4.90 Å². The Bertz CT molecular complexity index is 775. The fourth-order valence-electron chi connectivity index (χ4n) is 3.17. The third-order valence-corrected chi connectivity index (χ3v) is 5.01. The molecule has 0 saturated carbocycles. The number of carbonyl (C=O) groups excluding carboxylic acids is 2. The summed E-state index contributed by atoms with van der Waals surface area (Å²) in [5.41, 5.74) is -0.287. The van der Waals surface area contributed by atoms with E-state index in [2.05, 4.69) is 0 Å². The van der Waals surface area contributed by atoms with Crippen molar-refractivity contribution < 1.29 is 14.7 Å². The molecule has 3 rings (SSSR count). The molecule has 1 saturated heterocycles. The monoisotopic (exact) mass is 357 g/mol. The van der Waals surface area contributed by atoms with Crippen LogP contribution in [0, 0.1) is 0 Å². The average molecular weight is 358 g/mol. The summed E-state index contributed by atoms with van der Waals surface area (Å²) in [6.07, 6.45) is 0.222. The molecule has 5 heteroatoms. The summed E-state index contributed by atoms with van der Waals surface area (Å²) < 4.78 is 0. The maximum absolute atomic E-state index is 12.7. The van der Waals surface area contributed by atoms with Gasteiger partial charge in [-0.3, -0.25) is 9.59 Å². The van der Waals surface area contributed by atoms with Crippen molar-refractivity contribution in [2.24, 2.45) is 0 Å². The molecule has 2 aromatic carbocycles. The SMILES string of the molecule is CC(CC(=O)[C@@]1(O)CCN(c2ccccc2)C1=O)c1ccc(Cl)cc1. The summed E-state index contributed by atoms with van der Waals surface area (Å²) >= 11 is 5.88. The van der Waals surface area contributed by atoms with Gasteiger partial charge in [0.25, 0.3) is 5.91 Å². The number of hydrogen-bond acceptors (Lipinski definition) is 3. The molecule has 1 fully saturated rings. The fourth-order valence-corrected chi connectivity index (χ4v) is 3.30. The van der Waals surface area contributed by atoms with Gasteiger partial charge < -0.3 is 10.0 Å². The predicted octanol–water partition coefficient (Wildman–Crippen LogP) is 3.57. The highest BCUT2D eigenvalue weighted by atomic mass is 35.5. The summed E-state index contributed by atoms with van der Waals surface area (Å²) in [6, 6.07) is 16.3. The van der Waals surface area contributed by atoms with Crippen molar-refractivity contribution in [2.75, 3.05) is 11.4 Å². The van der Waals surface area contributed by atoms with Crippen molar-refractivity contribution in [2.45, 2.75) is 31.3 Å². The largest absolute Gasteiger partial charge is 0.373 e. The summed E-state index contributed by atoms with van der Waals surface area (Å²) in [5.74, 6) is -1.07. The number of amides is 1. The first-order valence-corrected chi connectivity index (χ1v) is 8.68. The van der Waals surface area contributed by atoms with Crippen molar-refractivity contribution in [3.63, 3.8) is 0 Å². The van der Waals surface area contributed by atoms with Crippen LogP contribution >= 0.6 is 11.6 Å². The standard InChI is InChI=1S/C20H20ClNO3/c1-14(15-7-9-16(21)10-8-15)13-18(23)20(25)11-12-22(19(20)24)17-5-3-2-4-6-17/h2-10,14,25H,11-13H2,1H3/t14?,20-/m0/s1. The molecule has 2 atom stereocenters. The number of aliphatic hydroxyl groups is 1. The Morgan fingerprint density at radius 1 is 1.20 bits per heavy atom. The van der Waals surface area contributed by atoms with Gasteiger partial charge in [-0.1, -0.05) is 48.9 Å². The molecular weight excluding hydrogens is 338 g/mol. The van der Waals surface area contributed by atoms with Crippen molar-refractivity contribution in [3.05, 3.63) is 65.2 Å². The van der Waals surface area contributed by atoms with E-state index in [1.165, 1.54) is 4.90 Å². The number of Topliss-reactive ketones (excluding diaryl/α,β-unsaturated/α-hetero) is 1. The Labute approximate surface area is 152 Å². The zero-order chi connectivity index (χ0) is 18.0. The van der Waals surface area contributed by atoms with E-state index < -0.39 is 17.3 Å². The Balaban J connectivity index is 1.73. The van der Waals surface area contributed by atoms with E-state index in [9.17, 15) is 14.7 Å². The Hall–Kier alpha value is -2.17. The van der Waals surface area contributed by atoms with Crippen LogP contribution in [0.4, 0.5) is 5.69 Å². The van der Waals surface area contributed by atoms with Crippen LogP contribution in [0.5, 0.6) is 0 Å². The fraction of sp³-hybridized carbons (Fsp3) is 0.300. The van der Waals surface area contributed by atoms with Crippen molar-refractivity contribution in [1.82, 2.24) is 0 Å². The highest BCUT2D eigenvalue weighted by Gasteiger charge is 2.51. The van der Waals surface area contributed by atoms with Gasteiger partial charge in [0.15, 0.2) is 5.78 Å². The molecule has 1 aliphatic heterocycles. The summed E-state index contributed by atoms with van der Waals surface area (Å²) in [4.78, 5) is 26.8.